The summed E-state index contributed by atoms with van der Waals surface area (Å²) in [6, 6.07) is 29.2. The Bertz CT molecular complexity index is 1270. The van der Waals surface area contributed by atoms with E-state index in [4.69, 9.17) is 0 Å². The first kappa shape index (κ1) is 25.3. The molecule has 2 amide bonds. The number of unbranched alkanes of at least 4 members (excludes halogenated alkanes) is 1. The molecule has 6 heteroatoms. The van der Waals surface area contributed by atoms with Crippen molar-refractivity contribution in [3.8, 4) is 6.07 Å². The van der Waals surface area contributed by atoms with E-state index < -0.39 is 11.2 Å². The molecule has 5 nitrogen and oxygen atoms in total. The molecule has 0 bridgehead atoms. The zero-order chi connectivity index (χ0) is 25.3. The number of hydrogen-bond donors (Lipinski definition) is 1. The lowest BCUT2D eigenvalue weighted by atomic mass is 10.0. The summed E-state index contributed by atoms with van der Waals surface area (Å²) in [7, 11) is 0. The molecule has 1 aliphatic heterocycles. The van der Waals surface area contributed by atoms with Gasteiger partial charge in [0.25, 0.3) is 5.91 Å². The summed E-state index contributed by atoms with van der Waals surface area (Å²) in [6.45, 7) is 2.48. The highest BCUT2D eigenvalue weighted by atomic mass is 32.2. The van der Waals surface area contributed by atoms with Gasteiger partial charge in [-0.3, -0.25) is 14.5 Å². The van der Waals surface area contributed by atoms with E-state index >= 15 is 0 Å². The van der Waals surface area contributed by atoms with Crippen molar-refractivity contribution in [2.24, 2.45) is 0 Å². The van der Waals surface area contributed by atoms with Gasteiger partial charge in [0.05, 0.1) is 5.25 Å². The molecule has 1 N–H and O–H groups in total. The molecular formula is C30H29N3O2S. The fourth-order valence-corrected chi connectivity index (χ4v) is 5.41. The van der Waals surface area contributed by atoms with Crippen LogP contribution >= 0.6 is 11.8 Å². The molecule has 0 aromatic heterocycles. The van der Waals surface area contributed by atoms with Crippen LogP contribution in [0.15, 0.2) is 95.5 Å². The van der Waals surface area contributed by atoms with Gasteiger partial charge in [-0.15, -0.1) is 0 Å². The van der Waals surface area contributed by atoms with Crippen molar-refractivity contribution in [2.45, 2.75) is 44.4 Å². The van der Waals surface area contributed by atoms with E-state index in [0.717, 1.165) is 30.4 Å². The molecule has 1 aliphatic rings. The second-order valence-electron chi connectivity index (χ2n) is 8.70. The molecule has 4 rings (SSSR count). The third kappa shape index (κ3) is 6.05. The Labute approximate surface area is 216 Å². The maximum absolute atomic E-state index is 13.6. The van der Waals surface area contributed by atoms with E-state index in [9.17, 15) is 14.9 Å². The van der Waals surface area contributed by atoms with Crippen molar-refractivity contribution in [1.82, 2.24) is 5.32 Å². The van der Waals surface area contributed by atoms with Crippen LogP contribution in [0.25, 0.3) is 0 Å². The third-order valence-corrected chi connectivity index (χ3v) is 7.34. The number of benzene rings is 3. The van der Waals surface area contributed by atoms with Crippen molar-refractivity contribution in [3.63, 3.8) is 0 Å². The lowest BCUT2D eigenvalue weighted by Gasteiger charge is -2.18. The van der Waals surface area contributed by atoms with Gasteiger partial charge in [0.1, 0.15) is 16.7 Å². The Morgan fingerprint density at radius 3 is 2.22 bits per heavy atom. The average Bonchev–Trinajstić information content (AvgIpc) is 3.23. The predicted octanol–water partition coefficient (Wildman–Crippen LogP) is 5.77. The topological polar surface area (TPSA) is 73.2 Å². The lowest BCUT2D eigenvalue weighted by Crippen LogP contribution is -2.32. The van der Waals surface area contributed by atoms with E-state index in [1.807, 2.05) is 60.7 Å². The van der Waals surface area contributed by atoms with Gasteiger partial charge in [0.15, 0.2) is 0 Å². The summed E-state index contributed by atoms with van der Waals surface area (Å²) in [6.07, 6.45) is 3.88. The summed E-state index contributed by atoms with van der Waals surface area (Å²) in [5, 5.41) is 12.7. The van der Waals surface area contributed by atoms with Crippen LogP contribution in [-0.2, 0) is 29.0 Å². The van der Waals surface area contributed by atoms with Crippen LogP contribution < -0.4 is 10.2 Å². The smallest absolute Gasteiger partial charge is 0.264 e. The summed E-state index contributed by atoms with van der Waals surface area (Å²) >= 11 is 1.29. The average molecular weight is 496 g/mol. The van der Waals surface area contributed by atoms with Gasteiger partial charge >= 0.3 is 0 Å². The fourth-order valence-electron chi connectivity index (χ4n) is 4.10. The molecule has 0 saturated carbocycles. The van der Waals surface area contributed by atoms with E-state index in [1.165, 1.54) is 22.2 Å². The number of rotatable bonds is 9. The number of carbonyl (C=O) groups is 2. The van der Waals surface area contributed by atoms with Crippen molar-refractivity contribution in [1.29, 1.82) is 5.26 Å². The number of anilines is 1. The second-order valence-corrected chi connectivity index (χ2v) is 9.89. The SMILES string of the molecule is CCCCc1ccc(C[C@@H]2S/C(=C(/C#N)C(=O)NCc3ccccc3)N(c3ccccc3)C2=O)cc1. The normalized spacial score (nSPS) is 16.5. The number of carbonyl (C=O) groups excluding carboxylic acids is 2. The van der Waals surface area contributed by atoms with Gasteiger partial charge in [-0.05, 0) is 48.1 Å². The van der Waals surface area contributed by atoms with Crippen LogP contribution in [0.1, 0.15) is 36.5 Å². The molecule has 1 fully saturated rings. The molecule has 1 atom stereocenters. The molecule has 0 spiro atoms. The summed E-state index contributed by atoms with van der Waals surface area (Å²) < 4.78 is 0. The van der Waals surface area contributed by atoms with Gasteiger partial charge in [0, 0.05) is 12.2 Å². The molecule has 36 heavy (non-hydrogen) atoms. The number of thioether (sulfide) groups is 1. The Morgan fingerprint density at radius 1 is 0.944 bits per heavy atom. The predicted molar refractivity (Wildman–Crippen MR) is 145 cm³/mol. The molecule has 0 unspecified atom stereocenters. The lowest BCUT2D eigenvalue weighted by molar-refractivity contribution is -0.117. The molecule has 3 aromatic rings. The largest absolute Gasteiger partial charge is 0.347 e. The molecular weight excluding hydrogens is 466 g/mol. The van der Waals surface area contributed by atoms with Gasteiger partial charge in [0.2, 0.25) is 5.91 Å². The first-order chi connectivity index (χ1) is 17.6. The Morgan fingerprint density at radius 2 is 1.58 bits per heavy atom. The quantitative estimate of drug-likeness (QED) is 0.302. The van der Waals surface area contributed by atoms with Gasteiger partial charge in [-0.1, -0.05) is 97.9 Å². The number of para-hydroxylation sites is 1. The monoisotopic (exact) mass is 495 g/mol. The van der Waals surface area contributed by atoms with E-state index in [2.05, 4.69) is 42.6 Å². The van der Waals surface area contributed by atoms with Crippen LogP contribution in [-0.4, -0.2) is 17.1 Å². The highest BCUT2D eigenvalue weighted by Crippen LogP contribution is 2.41. The standard InChI is InChI=1S/C30H29N3O2S/c1-2-3-10-22-15-17-23(18-16-22)19-27-29(35)33(25-13-8-5-9-14-25)30(36-27)26(20-31)28(34)32-21-24-11-6-4-7-12-24/h4-9,11-18,27H,2-3,10,19,21H2,1H3,(H,32,34)/b30-26-/t27-/m0/s1. The molecule has 3 aromatic carbocycles. The van der Waals surface area contributed by atoms with Crippen LogP contribution in [0.2, 0.25) is 0 Å². The number of nitrogens with one attached hydrogen (secondary N) is 1. The number of nitrogens with zero attached hydrogens (tertiary/aromatic N) is 2. The highest BCUT2D eigenvalue weighted by Gasteiger charge is 2.40. The minimum absolute atomic E-state index is 0.0504. The van der Waals surface area contributed by atoms with Crippen molar-refractivity contribution < 1.29 is 9.59 Å². The maximum atomic E-state index is 13.6. The highest BCUT2D eigenvalue weighted by molar-refractivity contribution is 8.05. The van der Waals surface area contributed by atoms with Crippen LogP contribution in [0.5, 0.6) is 0 Å². The zero-order valence-electron chi connectivity index (χ0n) is 20.3. The third-order valence-electron chi connectivity index (χ3n) is 6.08. The Hall–Kier alpha value is -3.82. The molecule has 182 valence electrons. The maximum Gasteiger partial charge on any atom is 0.264 e. The molecule has 0 radical (unpaired) electrons. The van der Waals surface area contributed by atoms with Gasteiger partial charge < -0.3 is 5.32 Å². The van der Waals surface area contributed by atoms with E-state index in [1.54, 1.807) is 0 Å². The number of aryl methyl sites for hydroxylation is 1. The number of nitriles is 1. The molecule has 1 saturated heterocycles. The van der Waals surface area contributed by atoms with Crippen LogP contribution in [0.3, 0.4) is 0 Å². The zero-order valence-corrected chi connectivity index (χ0v) is 21.1. The summed E-state index contributed by atoms with van der Waals surface area (Å²) in [5.41, 5.74) is 3.88. The van der Waals surface area contributed by atoms with Gasteiger partial charge in [-0.2, -0.15) is 5.26 Å². The Balaban J connectivity index is 1.59. The molecule has 0 aliphatic carbocycles. The van der Waals surface area contributed by atoms with Crippen LogP contribution in [0.4, 0.5) is 5.69 Å². The van der Waals surface area contributed by atoms with Crippen molar-refractivity contribution in [3.05, 3.63) is 112 Å². The minimum Gasteiger partial charge on any atom is -0.347 e. The first-order valence-electron chi connectivity index (χ1n) is 12.2. The van der Waals surface area contributed by atoms with E-state index in [-0.39, 0.29) is 11.5 Å². The van der Waals surface area contributed by atoms with E-state index in [0.29, 0.717) is 23.7 Å². The van der Waals surface area contributed by atoms with Crippen molar-refractivity contribution >= 4 is 29.3 Å². The summed E-state index contributed by atoms with van der Waals surface area (Å²) in [5.74, 6) is -0.613. The summed E-state index contributed by atoms with van der Waals surface area (Å²) in [4.78, 5) is 28.2. The van der Waals surface area contributed by atoms with Gasteiger partial charge in [-0.25, -0.2) is 0 Å². The minimum atomic E-state index is -0.487. The van der Waals surface area contributed by atoms with Crippen molar-refractivity contribution in [2.75, 3.05) is 4.90 Å². The number of hydrogen-bond acceptors (Lipinski definition) is 4. The van der Waals surface area contributed by atoms with Crippen LogP contribution in [0, 0.1) is 11.3 Å². The fraction of sp³-hybridized carbons (Fsp3) is 0.233. The first-order valence-corrected chi connectivity index (χ1v) is 13.1. The molecule has 1 heterocycles. The Kier molecular flexibility index (Phi) is 8.59. The number of amides is 2. The second kappa shape index (κ2) is 12.2.